The molecule has 1 heterocycles. The first-order valence-electron chi connectivity index (χ1n) is 4.81. The second kappa shape index (κ2) is 5.37. The molecule has 1 N–H and O–H groups in total. The van der Waals surface area contributed by atoms with Gasteiger partial charge in [0.2, 0.25) is 0 Å². The highest BCUT2D eigenvalue weighted by Gasteiger charge is 2.13. The van der Waals surface area contributed by atoms with E-state index in [-0.39, 0.29) is 12.1 Å². The number of hydrogen-bond donors (Lipinski definition) is 1. The van der Waals surface area contributed by atoms with Crippen molar-refractivity contribution in [3.05, 3.63) is 21.3 Å². The predicted octanol–water partition coefficient (Wildman–Crippen LogP) is 3.12. The molecule has 0 aliphatic heterocycles. The fourth-order valence-corrected chi connectivity index (χ4v) is 2.13. The number of halogens is 1. The number of amides is 2. The van der Waals surface area contributed by atoms with Crippen LogP contribution in [0, 0.1) is 0 Å². The van der Waals surface area contributed by atoms with Gasteiger partial charge >= 0.3 is 6.03 Å². The van der Waals surface area contributed by atoms with Gasteiger partial charge in [0.05, 0.1) is 10.4 Å². The molecule has 5 heteroatoms. The fourth-order valence-electron chi connectivity index (χ4n) is 1.07. The number of nitrogens with one attached hydrogen (secondary N) is 1. The predicted molar refractivity (Wildman–Crippen MR) is 64.6 cm³/mol. The largest absolute Gasteiger partial charge is 0.331 e. The van der Waals surface area contributed by atoms with Gasteiger partial charge in [-0.15, -0.1) is 11.3 Å². The van der Waals surface area contributed by atoms with Crippen LogP contribution in [0.4, 0.5) is 4.79 Å². The van der Waals surface area contributed by atoms with Crippen LogP contribution in [0.2, 0.25) is 4.34 Å². The summed E-state index contributed by atoms with van der Waals surface area (Å²) in [4.78, 5) is 14.2. The second-order valence-corrected chi connectivity index (χ2v) is 5.07. The number of nitrogens with zero attached hydrogens (tertiary/aromatic N) is 1. The maximum absolute atomic E-state index is 11.6. The van der Waals surface area contributed by atoms with Crippen molar-refractivity contribution in [1.82, 2.24) is 10.2 Å². The Morgan fingerprint density at radius 2 is 2.33 bits per heavy atom. The summed E-state index contributed by atoms with van der Waals surface area (Å²) < 4.78 is 0.745. The lowest BCUT2D eigenvalue weighted by molar-refractivity contribution is 0.208. The lowest BCUT2D eigenvalue weighted by Crippen LogP contribution is -2.38. The third-order valence-corrected chi connectivity index (χ3v) is 3.60. The summed E-state index contributed by atoms with van der Waals surface area (Å²) in [6, 6.07) is 3.72. The van der Waals surface area contributed by atoms with Crippen LogP contribution in [0.15, 0.2) is 12.1 Å². The zero-order valence-corrected chi connectivity index (χ0v) is 10.7. The van der Waals surface area contributed by atoms with Crippen LogP contribution in [0.1, 0.15) is 24.8 Å². The van der Waals surface area contributed by atoms with Crippen LogP contribution in [0.3, 0.4) is 0 Å². The standard InChI is InChI=1S/C10H15ClN2OS/c1-4-13(3)10(14)12-7(2)8-5-6-9(11)15-8/h5-7H,4H2,1-3H3,(H,12,14). The van der Waals surface area contributed by atoms with Crippen LogP contribution in [-0.4, -0.2) is 24.5 Å². The lowest BCUT2D eigenvalue weighted by Gasteiger charge is -2.19. The summed E-state index contributed by atoms with van der Waals surface area (Å²) in [6.07, 6.45) is 0. The topological polar surface area (TPSA) is 32.3 Å². The molecule has 1 aromatic rings. The lowest BCUT2D eigenvalue weighted by atomic mass is 10.3. The van der Waals surface area contributed by atoms with Gasteiger partial charge in [0, 0.05) is 18.5 Å². The van der Waals surface area contributed by atoms with Crippen LogP contribution < -0.4 is 5.32 Å². The van der Waals surface area contributed by atoms with Crippen molar-refractivity contribution in [2.45, 2.75) is 19.9 Å². The number of urea groups is 1. The normalized spacial score (nSPS) is 12.3. The van der Waals surface area contributed by atoms with Gasteiger partial charge in [0.1, 0.15) is 0 Å². The number of thiophene rings is 1. The van der Waals surface area contributed by atoms with Crippen LogP contribution in [0.5, 0.6) is 0 Å². The van der Waals surface area contributed by atoms with E-state index in [1.165, 1.54) is 11.3 Å². The molecular weight excluding hydrogens is 232 g/mol. The van der Waals surface area contributed by atoms with Crippen molar-refractivity contribution in [2.75, 3.05) is 13.6 Å². The quantitative estimate of drug-likeness (QED) is 0.873. The first-order chi connectivity index (χ1) is 7.04. The maximum Gasteiger partial charge on any atom is 0.317 e. The van der Waals surface area contributed by atoms with Crippen molar-refractivity contribution in [1.29, 1.82) is 0 Å². The van der Waals surface area contributed by atoms with Gasteiger partial charge in [-0.05, 0) is 26.0 Å². The van der Waals surface area contributed by atoms with Crippen molar-refractivity contribution in [3.8, 4) is 0 Å². The minimum Gasteiger partial charge on any atom is -0.331 e. The molecule has 0 fully saturated rings. The Kier molecular flexibility index (Phi) is 4.42. The van der Waals surface area contributed by atoms with Crippen LogP contribution in [0.25, 0.3) is 0 Å². The van der Waals surface area contributed by atoms with Gasteiger partial charge in [-0.2, -0.15) is 0 Å². The van der Waals surface area contributed by atoms with Crippen molar-refractivity contribution < 1.29 is 4.79 Å². The van der Waals surface area contributed by atoms with Gasteiger partial charge in [-0.25, -0.2) is 4.79 Å². The summed E-state index contributed by atoms with van der Waals surface area (Å²) in [6.45, 7) is 4.58. The molecule has 0 saturated carbocycles. The Balaban J connectivity index is 2.56. The zero-order valence-electron chi connectivity index (χ0n) is 9.08. The number of hydrogen-bond acceptors (Lipinski definition) is 2. The first-order valence-corrected chi connectivity index (χ1v) is 6.01. The molecule has 84 valence electrons. The Morgan fingerprint density at radius 3 is 2.80 bits per heavy atom. The summed E-state index contributed by atoms with van der Waals surface area (Å²) in [5.41, 5.74) is 0. The molecule has 0 radical (unpaired) electrons. The van der Waals surface area contributed by atoms with E-state index < -0.39 is 0 Å². The average Bonchev–Trinajstić information content (AvgIpc) is 2.63. The highest BCUT2D eigenvalue weighted by molar-refractivity contribution is 7.16. The van der Waals surface area contributed by atoms with E-state index in [0.29, 0.717) is 6.54 Å². The molecule has 3 nitrogen and oxygen atoms in total. The maximum atomic E-state index is 11.6. The Labute approximate surface area is 99.0 Å². The molecule has 1 rings (SSSR count). The van der Waals surface area contributed by atoms with E-state index in [4.69, 9.17) is 11.6 Å². The summed E-state index contributed by atoms with van der Waals surface area (Å²) in [7, 11) is 1.77. The molecular formula is C10H15ClN2OS. The third-order valence-electron chi connectivity index (χ3n) is 2.18. The van der Waals surface area contributed by atoms with E-state index in [9.17, 15) is 4.79 Å². The Hall–Kier alpha value is -0.740. The molecule has 1 aromatic heterocycles. The summed E-state index contributed by atoms with van der Waals surface area (Å²) in [5, 5.41) is 2.90. The van der Waals surface area contributed by atoms with Crippen molar-refractivity contribution in [3.63, 3.8) is 0 Å². The monoisotopic (exact) mass is 246 g/mol. The molecule has 0 saturated heterocycles. The molecule has 2 amide bonds. The zero-order chi connectivity index (χ0) is 11.4. The van der Waals surface area contributed by atoms with Gasteiger partial charge in [-0.3, -0.25) is 0 Å². The number of rotatable bonds is 3. The summed E-state index contributed by atoms with van der Waals surface area (Å²) >= 11 is 7.32. The highest BCUT2D eigenvalue weighted by atomic mass is 35.5. The van der Waals surface area contributed by atoms with Crippen LogP contribution in [-0.2, 0) is 0 Å². The molecule has 0 bridgehead atoms. The minimum atomic E-state index is -0.0606. The van der Waals surface area contributed by atoms with Gasteiger partial charge in [-0.1, -0.05) is 11.6 Å². The molecule has 0 spiro atoms. The Morgan fingerprint density at radius 1 is 1.67 bits per heavy atom. The Bertz CT molecular complexity index is 340. The van der Waals surface area contributed by atoms with Crippen LogP contribution >= 0.6 is 22.9 Å². The van der Waals surface area contributed by atoms with E-state index in [2.05, 4.69) is 5.32 Å². The smallest absolute Gasteiger partial charge is 0.317 e. The van der Waals surface area contributed by atoms with Gasteiger partial charge in [0.15, 0.2) is 0 Å². The SMILES string of the molecule is CCN(C)C(=O)NC(C)c1ccc(Cl)s1. The van der Waals surface area contributed by atoms with Gasteiger partial charge in [0.25, 0.3) is 0 Å². The molecule has 1 unspecified atom stereocenters. The fraction of sp³-hybridized carbons (Fsp3) is 0.500. The number of carbonyl (C=O) groups excluding carboxylic acids is 1. The average molecular weight is 247 g/mol. The number of carbonyl (C=O) groups is 1. The van der Waals surface area contributed by atoms with E-state index in [0.717, 1.165) is 9.21 Å². The van der Waals surface area contributed by atoms with E-state index >= 15 is 0 Å². The van der Waals surface area contributed by atoms with Crippen molar-refractivity contribution >= 4 is 29.0 Å². The molecule has 0 aromatic carbocycles. The molecule has 0 aliphatic carbocycles. The second-order valence-electron chi connectivity index (χ2n) is 3.33. The first kappa shape index (κ1) is 12.3. The highest BCUT2D eigenvalue weighted by Crippen LogP contribution is 2.26. The van der Waals surface area contributed by atoms with E-state index in [1.54, 1.807) is 11.9 Å². The third kappa shape index (κ3) is 3.39. The summed E-state index contributed by atoms with van der Waals surface area (Å²) in [5.74, 6) is 0. The van der Waals surface area contributed by atoms with Crippen molar-refractivity contribution in [2.24, 2.45) is 0 Å². The van der Waals surface area contributed by atoms with Gasteiger partial charge < -0.3 is 10.2 Å². The molecule has 15 heavy (non-hydrogen) atoms. The molecule has 0 aliphatic rings. The van der Waals surface area contributed by atoms with E-state index in [1.807, 2.05) is 26.0 Å². The molecule has 1 atom stereocenters. The minimum absolute atomic E-state index is 0.00370.